The number of carbonyl (C=O) groups is 2. The Labute approximate surface area is 147 Å². The van der Waals surface area contributed by atoms with Crippen molar-refractivity contribution in [2.75, 3.05) is 18.5 Å². The van der Waals surface area contributed by atoms with Crippen LogP contribution < -0.4 is 10.1 Å². The van der Waals surface area contributed by atoms with E-state index in [4.69, 9.17) is 9.47 Å². The van der Waals surface area contributed by atoms with Crippen molar-refractivity contribution in [2.24, 2.45) is 0 Å². The summed E-state index contributed by atoms with van der Waals surface area (Å²) >= 11 is 0. The zero-order chi connectivity index (χ0) is 18.1. The van der Waals surface area contributed by atoms with Crippen molar-refractivity contribution in [3.05, 3.63) is 71.9 Å². The Morgan fingerprint density at radius 1 is 0.920 bits per heavy atom. The van der Waals surface area contributed by atoms with Crippen LogP contribution in [0.5, 0.6) is 5.75 Å². The zero-order valence-electron chi connectivity index (χ0n) is 14.3. The highest BCUT2D eigenvalue weighted by Crippen LogP contribution is 2.13. The average molecular weight is 339 g/mol. The van der Waals surface area contributed by atoms with E-state index < -0.39 is 0 Å². The summed E-state index contributed by atoms with van der Waals surface area (Å²) < 4.78 is 10.3. The largest absolute Gasteiger partial charge is 0.494 e. The molecular weight excluding hydrogens is 318 g/mol. The Bertz CT molecular complexity index is 733. The fraction of sp³-hybridized carbons (Fsp3) is 0.200. The molecule has 0 saturated heterocycles. The van der Waals surface area contributed by atoms with E-state index >= 15 is 0 Å². The summed E-state index contributed by atoms with van der Waals surface area (Å²) in [7, 11) is 0. The first-order valence-electron chi connectivity index (χ1n) is 8.11. The lowest BCUT2D eigenvalue weighted by molar-refractivity contribution is 0.0526. The Morgan fingerprint density at radius 2 is 1.56 bits per heavy atom. The molecule has 0 unspecified atom stereocenters. The van der Waals surface area contributed by atoms with Crippen LogP contribution in [0.3, 0.4) is 0 Å². The number of hydrogen-bond acceptors (Lipinski definition) is 5. The molecule has 130 valence electrons. The molecule has 0 radical (unpaired) electrons. The normalized spacial score (nSPS) is 10.5. The van der Waals surface area contributed by atoms with Gasteiger partial charge in [-0.3, -0.25) is 4.79 Å². The van der Waals surface area contributed by atoms with Gasteiger partial charge in [0.05, 0.1) is 18.8 Å². The molecule has 0 amide bonds. The summed E-state index contributed by atoms with van der Waals surface area (Å²) in [6.45, 7) is 4.61. The van der Waals surface area contributed by atoms with E-state index in [1.54, 1.807) is 61.7 Å². The highest BCUT2D eigenvalue weighted by atomic mass is 16.5. The summed E-state index contributed by atoms with van der Waals surface area (Å²) in [6.07, 6.45) is 3.02. The molecular formula is C20H21NO4. The van der Waals surface area contributed by atoms with Crippen LogP contribution >= 0.6 is 0 Å². The van der Waals surface area contributed by atoms with E-state index in [-0.39, 0.29) is 11.8 Å². The van der Waals surface area contributed by atoms with E-state index in [0.29, 0.717) is 24.3 Å². The van der Waals surface area contributed by atoms with E-state index in [1.165, 1.54) is 6.08 Å². The number of ether oxygens (including phenoxy) is 2. The van der Waals surface area contributed by atoms with Gasteiger partial charge in [-0.15, -0.1) is 0 Å². The van der Waals surface area contributed by atoms with E-state index in [2.05, 4.69) is 5.32 Å². The summed E-state index contributed by atoms with van der Waals surface area (Å²) in [6, 6.07) is 13.8. The lowest BCUT2D eigenvalue weighted by Crippen LogP contribution is -2.04. The fourth-order valence-electron chi connectivity index (χ4n) is 2.11. The molecule has 2 rings (SSSR count). The third kappa shape index (κ3) is 5.49. The second-order valence-corrected chi connectivity index (χ2v) is 5.10. The molecule has 5 nitrogen and oxygen atoms in total. The van der Waals surface area contributed by atoms with Crippen LogP contribution in [0.2, 0.25) is 0 Å². The first kappa shape index (κ1) is 18.3. The Kier molecular flexibility index (Phi) is 6.77. The maximum absolute atomic E-state index is 12.1. The molecule has 5 heteroatoms. The van der Waals surface area contributed by atoms with E-state index in [9.17, 15) is 9.59 Å². The number of anilines is 1. The van der Waals surface area contributed by atoms with Gasteiger partial charge < -0.3 is 14.8 Å². The van der Waals surface area contributed by atoms with Gasteiger partial charge in [0.1, 0.15) is 5.75 Å². The number of allylic oxidation sites excluding steroid dienone is 1. The summed E-state index contributed by atoms with van der Waals surface area (Å²) in [4.78, 5) is 23.7. The topological polar surface area (TPSA) is 64.6 Å². The standard InChI is InChI=1S/C20H21NO4/c1-3-24-18-11-7-15(8-12-18)19(22)13-14-21-17-9-5-16(6-10-17)20(23)25-4-2/h5-14,21H,3-4H2,1-2H3/b14-13+. The minimum atomic E-state index is -0.352. The van der Waals surface area contributed by atoms with Crippen LogP contribution in [0, 0.1) is 0 Å². The quantitative estimate of drug-likeness (QED) is 0.446. The third-order valence-corrected chi connectivity index (χ3v) is 3.33. The Morgan fingerprint density at radius 3 is 2.16 bits per heavy atom. The van der Waals surface area contributed by atoms with Gasteiger partial charge >= 0.3 is 5.97 Å². The lowest BCUT2D eigenvalue weighted by Gasteiger charge is -2.04. The molecule has 0 spiro atoms. The van der Waals surface area contributed by atoms with Crippen LogP contribution in [-0.4, -0.2) is 25.0 Å². The van der Waals surface area contributed by atoms with Crippen molar-refractivity contribution in [1.82, 2.24) is 0 Å². The van der Waals surface area contributed by atoms with Gasteiger partial charge in [-0.2, -0.15) is 0 Å². The van der Waals surface area contributed by atoms with Crippen LogP contribution in [0.1, 0.15) is 34.6 Å². The second-order valence-electron chi connectivity index (χ2n) is 5.10. The van der Waals surface area contributed by atoms with Crippen molar-refractivity contribution in [3.63, 3.8) is 0 Å². The van der Waals surface area contributed by atoms with Gasteiger partial charge in [0.15, 0.2) is 5.78 Å². The zero-order valence-corrected chi connectivity index (χ0v) is 14.3. The molecule has 0 atom stereocenters. The van der Waals surface area contributed by atoms with Crippen molar-refractivity contribution >= 4 is 17.4 Å². The highest BCUT2D eigenvalue weighted by molar-refractivity contribution is 6.04. The number of esters is 1. The lowest BCUT2D eigenvalue weighted by atomic mass is 10.1. The Hall–Kier alpha value is -3.08. The minimum absolute atomic E-state index is 0.112. The number of hydrogen-bond donors (Lipinski definition) is 1. The maximum atomic E-state index is 12.1. The average Bonchev–Trinajstić information content (AvgIpc) is 2.63. The van der Waals surface area contributed by atoms with Crippen molar-refractivity contribution in [2.45, 2.75) is 13.8 Å². The number of rotatable bonds is 8. The minimum Gasteiger partial charge on any atom is -0.494 e. The molecule has 2 aromatic rings. The molecule has 0 heterocycles. The highest BCUT2D eigenvalue weighted by Gasteiger charge is 2.05. The predicted octanol–water partition coefficient (Wildman–Crippen LogP) is 4.07. The van der Waals surface area contributed by atoms with Gasteiger partial charge in [-0.25, -0.2) is 4.79 Å². The van der Waals surface area contributed by atoms with Crippen LogP contribution in [0.4, 0.5) is 5.69 Å². The molecule has 0 aliphatic rings. The number of ketones is 1. The summed E-state index contributed by atoms with van der Waals surface area (Å²) in [5, 5.41) is 3.00. The van der Waals surface area contributed by atoms with Crippen LogP contribution in [-0.2, 0) is 4.74 Å². The Balaban J connectivity index is 1.91. The van der Waals surface area contributed by atoms with Gasteiger partial charge in [-0.05, 0) is 62.4 Å². The molecule has 0 aromatic heterocycles. The number of carbonyl (C=O) groups excluding carboxylic acids is 2. The van der Waals surface area contributed by atoms with Crippen LogP contribution in [0.15, 0.2) is 60.8 Å². The third-order valence-electron chi connectivity index (χ3n) is 3.33. The number of benzene rings is 2. The molecule has 0 fully saturated rings. The molecule has 0 bridgehead atoms. The fourth-order valence-corrected chi connectivity index (χ4v) is 2.11. The molecule has 0 aliphatic carbocycles. The maximum Gasteiger partial charge on any atom is 0.338 e. The molecule has 0 aliphatic heterocycles. The molecule has 2 aromatic carbocycles. The number of nitrogens with one attached hydrogen (secondary N) is 1. The molecule has 1 N–H and O–H groups in total. The predicted molar refractivity (Wildman–Crippen MR) is 97.1 cm³/mol. The SMILES string of the molecule is CCOC(=O)c1ccc(N/C=C/C(=O)c2ccc(OCC)cc2)cc1. The van der Waals surface area contributed by atoms with Gasteiger partial charge in [0.2, 0.25) is 0 Å². The molecule has 0 saturated carbocycles. The van der Waals surface area contributed by atoms with Crippen molar-refractivity contribution in [3.8, 4) is 5.75 Å². The van der Waals surface area contributed by atoms with Crippen LogP contribution in [0.25, 0.3) is 0 Å². The van der Waals surface area contributed by atoms with Gasteiger partial charge in [-0.1, -0.05) is 0 Å². The van der Waals surface area contributed by atoms with Gasteiger partial charge in [0.25, 0.3) is 0 Å². The first-order chi connectivity index (χ1) is 12.1. The van der Waals surface area contributed by atoms with Gasteiger partial charge in [0, 0.05) is 23.5 Å². The smallest absolute Gasteiger partial charge is 0.338 e. The van der Waals surface area contributed by atoms with Crippen molar-refractivity contribution in [1.29, 1.82) is 0 Å². The summed E-state index contributed by atoms with van der Waals surface area (Å²) in [5.41, 5.74) is 1.84. The molecule has 25 heavy (non-hydrogen) atoms. The second kappa shape index (κ2) is 9.27. The first-order valence-corrected chi connectivity index (χ1v) is 8.11. The summed E-state index contributed by atoms with van der Waals surface area (Å²) in [5.74, 6) is 0.275. The van der Waals surface area contributed by atoms with E-state index in [1.807, 2.05) is 6.92 Å². The monoisotopic (exact) mass is 339 g/mol. The van der Waals surface area contributed by atoms with E-state index in [0.717, 1.165) is 11.4 Å². The van der Waals surface area contributed by atoms with Crippen molar-refractivity contribution < 1.29 is 19.1 Å².